The lowest BCUT2D eigenvalue weighted by Gasteiger charge is -2.43. The van der Waals surface area contributed by atoms with Crippen LogP contribution >= 0.6 is 0 Å². The second-order valence-electron chi connectivity index (χ2n) is 10.2. The van der Waals surface area contributed by atoms with E-state index in [4.69, 9.17) is 15.2 Å². The van der Waals surface area contributed by atoms with E-state index < -0.39 is 6.03 Å². The zero-order valence-electron chi connectivity index (χ0n) is 22.1. The van der Waals surface area contributed by atoms with Crippen molar-refractivity contribution in [2.45, 2.75) is 18.6 Å². The van der Waals surface area contributed by atoms with Gasteiger partial charge >= 0.3 is 6.03 Å². The molecule has 3 saturated heterocycles. The van der Waals surface area contributed by atoms with E-state index in [0.29, 0.717) is 54.2 Å². The maximum Gasteiger partial charge on any atom is 0.314 e. The number of anilines is 3. The fourth-order valence-electron chi connectivity index (χ4n) is 5.22. The van der Waals surface area contributed by atoms with Gasteiger partial charge in [0.1, 0.15) is 24.3 Å². The number of benzene rings is 2. The SMILES string of the molecule is N#Cc1cc(-c2ncnc(Nc3ccc(N4CCN(C5COC5)CC4)cc3)n2)ccc1O[C@@H]1CCN(C(N)=O)C1. The van der Waals surface area contributed by atoms with Gasteiger partial charge in [0.25, 0.3) is 0 Å². The molecule has 2 amide bonds. The van der Waals surface area contributed by atoms with Crippen molar-refractivity contribution in [1.29, 1.82) is 5.26 Å². The summed E-state index contributed by atoms with van der Waals surface area (Å²) in [6.07, 6.45) is 1.89. The van der Waals surface area contributed by atoms with Gasteiger partial charge in [0.2, 0.25) is 5.95 Å². The number of hydrogen-bond donors (Lipinski definition) is 2. The van der Waals surface area contributed by atoms with Crippen LogP contribution in [-0.4, -0.2) is 95.4 Å². The van der Waals surface area contributed by atoms with E-state index in [1.54, 1.807) is 12.1 Å². The Balaban J connectivity index is 1.09. The lowest BCUT2D eigenvalue weighted by molar-refractivity contribution is -0.0660. The lowest BCUT2D eigenvalue weighted by atomic mass is 10.1. The van der Waals surface area contributed by atoms with Crippen LogP contribution in [-0.2, 0) is 4.74 Å². The number of amides is 2. The summed E-state index contributed by atoms with van der Waals surface area (Å²) < 4.78 is 11.3. The molecule has 3 fully saturated rings. The van der Waals surface area contributed by atoms with Crippen LogP contribution in [0.15, 0.2) is 48.8 Å². The minimum absolute atomic E-state index is 0.211. The molecule has 12 heteroatoms. The summed E-state index contributed by atoms with van der Waals surface area (Å²) in [5, 5.41) is 13.0. The van der Waals surface area contributed by atoms with Crippen molar-refractivity contribution in [3.05, 3.63) is 54.4 Å². The molecule has 0 spiro atoms. The van der Waals surface area contributed by atoms with Crippen molar-refractivity contribution in [3.8, 4) is 23.2 Å². The van der Waals surface area contributed by atoms with Gasteiger partial charge in [0.15, 0.2) is 5.82 Å². The van der Waals surface area contributed by atoms with Crippen LogP contribution in [0.4, 0.5) is 22.1 Å². The van der Waals surface area contributed by atoms with Gasteiger partial charge in [-0.15, -0.1) is 0 Å². The molecule has 3 aromatic rings. The van der Waals surface area contributed by atoms with E-state index in [-0.39, 0.29) is 6.10 Å². The number of nitrogens with zero attached hydrogens (tertiary/aromatic N) is 7. The van der Waals surface area contributed by atoms with Crippen molar-refractivity contribution < 1.29 is 14.3 Å². The van der Waals surface area contributed by atoms with Crippen LogP contribution < -0.4 is 20.7 Å². The number of ether oxygens (including phenoxy) is 2. The molecule has 3 aliphatic heterocycles. The number of carbonyl (C=O) groups excluding carboxylic acids is 1. The highest BCUT2D eigenvalue weighted by Gasteiger charge is 2.29. The van der Waals surface area contributed by atoms with Crippen molar-refractivity contribution in [2.24, 2.45) is 5.73 Å². The molecule has 12 nitrogen and oxygen atoms in total. The standard InChI is InChI=1S/C28H31N9O3/c29-14-20-13-19(1-6-25(20)40-24-7-8-37(15-24)27(30)38)26-31-18-32-28(34-26)33-21-2-4-22(5-3-21)35-9-11-36(12-10-35)23-16-39-17-23/h1-6,13,18,23-24H,7-12,15-17H2,(H2,30,38)(H,31,32,33,34)/t24-/m1/s1. The van der Waals surface area contributed by atoms with E-state index in [9.17, 15) is 10.1 Å². The average Bonchev–Trinajstić information content (AvgIpc) is 3.42. The van der Waals surface area contributed by atoms with Crippen LogP contribution in [0, 0.1) is 11.3 Å². The average molecular weight is 542 g/mol. The molecule has 206 valence electrons. The number of nitrogens with two attached hydrogens (primary N) is 1. The van der Waals surface area contributed by atoms with Crippen molar-refractivity contribution >= 4 is 23.4 Å². The second kappa shape index (κ2) is 11.3. The zero-order valence-corrected chi connectivity index (χ0v) is 22.1. The molecule has 0 bridgehead atoms. The van der Waals surface area contributed by atoms with Gasteiger partial charge < -0.3 is 30.3 Å². The molecule has 0 radical (unpaired) electrons. The van der Waals surface area contributed by atoms with Gasteiger partial charge in [-0.1, -0.05) is 0 Å². The fourth-order valence-corrected chi connectivity index (χ4v) is 5.22. The Morgan fingerprint density at radius 3 is 2.55 bits per heavy atom. The Morgan fingerprint density at radius 1 is 1.07 bits per heavy atom. The molecule has 0 unspecified atom stereocenters. The highest BCUT2D eigenvalue weighted by atomic mass is 16.5. The van der Waals surface area contributed by atoms with Gasteiger partial charge in [-0.3, -0.25) is 4.90 Å². The number of primary amides is 1. The number of hydrogen-bond acceptors (Lipinski definition) is 10. The summed E-state index contributed by atoms with van der Waals surface area (Å²) in [5.74, 6) is 1.30. The maximum atomic E-state index is 11.4. The number of nitrogens with one attached hydrogen (secondary N) is 1. The zero-order chi connectivity index (χ0) is 27.5. The highest BCUT2D eigenvalue weighted by Crippen LogP contribution is 2.28. The van der Waals surface area contributed by atoms with Gasteiger partial charge in [-0.05, 0) is 42.5 Å². The molecule has 1 aromatic heterocycles. The fraction of sp³-hybridized carbons (Fsp3) is 0.393. The van der Waals surface area contributed by atoms with Crippen LogP contribution in [0.2, 0.25) is 0 Å². The van der Waals surface area contributed by atoms with Gasteiger partial charge in [0, 0.05) is 56.1 Å². The first-order valence-electron chi connectivity index (χ1n) is 13.4. The topological polar surface area (TPSA) is 146 Å². The quantitative estimate of drug-likeness (QED) is 0.456. The first kappa shape index (κ1) is 25.8. The first-order valence-corrected chi connectivity index (χ1v) is 13.4. The molecule has 3 N–H and O–H groups in total. The van der Waals surface area contributed by atoms with E-state index in [1.165, 1.54) is 16.9 Å². The number of carbonyl (C=O) groups is 1. The molecule has 1 atom stereocenters. The largest absolute Gasteiger partial charge is 0.487 e. The third kappa shape index (κ3) is 5.61. The molecule has 0 aliphatic carbocycles. The van der Waals surface area contributed by atoms with Crippen molar-refractivity contribution in [1.82, 2.24) is 24.8 Å². The Kier molecular flexibility index (Phi) is 7.31. The first-order chi connectivity index (χ1) is 19.6. The highest BCUT2D eigenvalue weighted by molar-refractivity contribution is 5.72. The molecule has 2 aromatic carbocycles. The normalized spacial score (nSPS) is 19.6. The Bertz CT molecular complexity index is 1400. The summed E-state index contributed by atoms with van der Waals surface area (Å²) in [6, 6.07) is 15.8. The van der Waals surface area contributed by atoms with Crippen LogP contribution in [0.5, 0.6) is 5.75 Å². The van der Waals surface area contributed by atoms with E-state index in [2.05, 4.69) is 48.3 Å². The summed E-state index contributed by atoms with van der Waals surface area (Å²) in [6.45, 7) is 6.76. The maximum absolute atomic E-state index is 11.4. The van der Waals surface area contributed by atoms with E-state index >= 15 is 0 Å². The summed E-state index contributed by atoms with van der Waals surface area (Å²) >= 11 is 0. The third-order valence-corrected chi connectivity index (χ3v) is 7.62. The Hall–Kier alpha value is -4.47. The molecular weight excluding hydrogens is 510 g/mol. The summed E-state index contributed by atoms with van der Waals surface area (Å²) in [7, 11) is 0. The summed E-state index contributed by atoms with van der Waals surface area (Å²) in [4.78, 5) is 31.0. The molecule has 6 rings (SSSR count). The lowest BCUT2D eigenvalue weighted by Crippen LogP contribution is -2.56. The number of likely N-dealkylation sites (tertiary alicyclic amines) is 1. The minimum Gasteiger partial charge on any atom is -0.487 e. The van der Waals surface area contributed by atoms with Gasteiger partial charge in [0.05, 0.1) is 31.4 Å². The van der Waals surface area contributed by atoms with E-state index in [1.807, 2.05) is 18.2 Å². The predicted octanol–water partition coefficient (Wildman–Crippen LogP) is 2.21. The van der Waals surface area contributed by atoms with Gasteiger partial charge in [-0.2, -0.15) is 10.2 Å². The predicted molar refractivity (Wildman–Crippen MR) is 148 cm³/mol. The number of urea groups is 1. The summed E-state index contributed by atoms with van der Waals surface area (Å²) in [5.41, 5.74) is 8.45. The molecule has 3 aliphatic rings. The Labute approximate surface area is 232 Å². The third-order valence-electron chi connectivity index (χ3n) is 7.62. The number of aromatic nitrogens is 3. The van der Waals surface area contributed by atoms with Gasteiger partial charge in [-0.25, -0.2) is 14.8 Å². The number of piperazine rings is 1. The number of nitriles is 1. The van der Waals surface area contributed by atoms with Crippen LogP contribution in [0.25, 0.3) is 11.4 Å². The van der Waals surface area contributed by atoms with Crippen LogP contribution in [0.3, 0.4) is 0 Å². The molecule has 40 heavy (non-hydrogen) atoms. The second-order valence-corrected chi connectivity index (χ2v) is 10.2. The van der Waals surface area contributed by atoms with E-state index in [0.717, 1.165) is 45.1 Å². The Morgan fingerprint density at radius 2 is 1.88 bits per heavy atom. The van der Waals surface area contributed by atoms with Crippen molar-refractivity contribution in [2.75, 3.05) is 62.7 Å². The molecule has 4 heterocycles. The smallest absolute Gasteiger partial charge is 0.314 e. The molecular formula is C28H31N9O3. The number of rotatable bonds is 7. The monoisotopic (exact) mass is 541 g/mol. The minimum atomic E-state index is -0.467. The van der Waals surface area contributed by atoms with Crippen molar-refractivity contribution in [3.63, 3.8) is 0 Å². The molecule has 0 saturated carbocycles. The van der Waals surface area contributed by atoms with Crippen LogP contribution in [0.1, 0.15) is 12.0 Å².